The lowest BCUT2D eigenvalue weighted by molar-refractivity contribution is 0.167. The van der Waals surface area contributed by atoms with Crippen LogP contribution in [0.25, 0.3) is 5.03 Å². The highest BCUT2D eigenvalue weighted by Gasteiger charge is 1.95. The van der Waals surface area contributed by atoms with Crippen molar-refractivity contribution in [2.24, 2.45) is 0 Å². The third kappa shape index (κ3) is 3.49. The van der Waals surface area contributed by atoms with Gasteiger partial charge in [0.2, 0.25) is 0 Å². The summed E-state index contributed by atoms with van der Waals surface area (Å²) < 4.78 is 4.96. The molecule has 1 aromatic carbocycles. The number of aliphatic hydroxyl groups is 1. The average molecular weight is 199 g/mol. The zero-order valence-corrected chi connectivity index (χ0v) is 7.87. The minimum absolute atomic E-state index is 0.00451. The van der Waals surface area contributed by atoms with Gasteiger partial charge in [-0.15, -0.1) is 0 Å². The summed E-state index contributed by atoms with van der Waals surface area (Å²) in [6.07, 6.45) is 1.44. The smallest absolute Gasteiger partial charge is 0.110 e. The summed E-state index contributed by atoms with van der Waals surface area (Å²) in [5, 5.41) is 8.99. The van der Waals surface area contributed by atoms with Crippen molar-refractivity contribution in [2.75, 3.05) is 13.2 Å². The number of aliphatic hydroxyl groups excluding tert-OH is 1. The summed E-state index contributed by atoms with van der Waals surface area (Å²) in [5.74, 6) is 0. The van der Waals surface area contributed by atoms with Gasteiger partial charge in [0.25, 0.3) is 0 Å². The summed E-state index contributed by atoms with van der Waals surface area (Å²) >= 11 is 5.90. The molecule has 2 nitrogen and oxygen atoms in total. The predicted octanol–water partition coefficient (Wildman–Crippen LogP) is 2.23. The van der Waals surface area contributed by atoms with Crippen LogP contribution in [0.4, 0.5) is 0 Å². The fourth-order valence-electron chi connectivity index (χ4n) is 0.850. The van der Waals surface area contributed by atoms with E-state index in [2.05, 4.69) is 0 Å². The van der Waals surface area contributed by atoms with Gasteiger partial charge in [0.05, 0.1) is 11.6 Å². The number of benzene rings is 1. The van der Waals surface area contributed by atoms with Gasteiger partial charge in [0.15, 0.2) is 0 Å². The Hall–Kier alpha value is -0.990. The van der Waals surface area contributed by atoms with Gasteiger partial charge in [-0.3, -0.25) is 0 Å². The van der Waals surface area contributed by atoms with Crippen LogP contribution in [-0.4, -0.2) is 18.3 Å². The van der Waals surface area contributed by atoms with Crippen molar-refractivity contribution in [2.45, 2.75) is 0 Å². The number of hydrogen-bond donors (Lipinski definition) is 1. The van der Waals surface area contributed by atoms with Crippen molar-refractivity contribution in [3.8, 4) is 0 Å². The molecular formula is C10H11ClO2. The Bertz CT molecular complexity index is 270. The first-order valence-corrected chi connectivity index (χ1v) is 4.36. The highest BCUT2D eigenvalue weighted by Crippen LogP contribution is 2.17. The second-order valence-electron chi connectivity index (χ2n) is 2.43. The first kappa shape index (κ1) is 10.1. The molecular weight excluding hydrogens is 188 g/mol. The van der Waals surface area contributed by atoms with Gasteiger partial charge in [-0.05, 0) is 5.56 Å². The van der Waals surface area contributed by atoms with E-state index in [0.717, 1.165) is 5.56 Å². The fourth-order valence-corrected chi connectivity index (χ4v) is 1.04. The van der Waals surface area contributed by atoms with Crippen molar-refractivity contribution in [1.82, 2.24) is 0 Å². The van der Waals surface area contributed by atoms with Crippen LogP contribution in [0, 0.1) is 0 Å². The molecule has 0 atom stereocenters. The molecule has 0 amide bonds. The topological polar surface area (TPSA) is 29.5 Å². The van der Waals surface area contributed by atoms with Crippen LogP contribution in [0.3, 0.4) is 0 Å². The zero-order valence-electron chi connectivity index (χ0n) is 7.11. The summed E-state index contributed by atoms with van der Waals surface area (Å²) in [6, 6.07) is 9.50. The lowest BCUT2D eigenvalue weighted by Gasteiger charge is -1.99. The summed E-state index contributed by atoms with van der Waals surface area (Å²) in [7, 11) is 0. The standard InChI is InChI=1S/C10H11ClO2/c11-10(8-13-7-6-12)9-4-2-1-3-5-9/h1-5,8,12H,6-7H2. The van der Waals surface area contributed by atoms with Gasteiger partial charge in [0, 0.05) is 0 Å². The summed E-state index contributed by atoms with van der Waals surface area (Å²) in [5.41, 5.74) is 0.905. The number of halogens is 1. The molecule has 1 N–H and O–H groups in total. The van der Waals surface area contributed by atoms with Crippen LogP contribution in [-0.2, 0) is 4.74 Å². The molecule has 0 fully saturated rings. The van der Waals surface area contributed by atoms with Crippen LogP contribution in [0.5, 0.6) is 0 Å². The maximum atomic E-state index is 8.45. The molecule has 0 aromatic heterocycles. The lowest BCUT2D eigenvalue weighted by atomic mass is 10.2. The van der Waals surface area contributed by atoms with Crippen molar-refractivity contribution in [3.05, 3.63) is 42.2 Å². The van der Waals surface area contributed by atoms with Gasteiger partial charge < -0.3 is 9.84 Å². The predicted molar refractivity (Wildman–Crippen MR) is 53.3 cm³/mol. The molecule has 0 aliphatic rings. The fraction of sp³-hybridized carbons (Fsp3) is 0.200. The van der Waals surface area contributed by atoms with Crippen molar-refractivity contribution < 1.29 is 9.84 Å². The van der Waals surface area contributed by atoms with Crippen molar-refractivity contribution >= 4 is 16.6 Å². The molecule has 0 saturated heterocycles. The Kier molecular flexibility index (Phi) is 4.36. The SMILES string of the molecule is OCCOC=C(Cl)c1ccccc1. The molecule has 0 bridgehead atoms. The average Bonchev–Trinajstić information content (AvgIpc) is 2.19. The van der Waals surface area contributed by atoms with Gasteiger partial charge in [-0.1, -0.05) is 41.9 Å². The molecule has 13 heavy (non-hydrogen) atoms. The molecule has 0 saturated carbocycles. The number of ether oxygens (including phenoxy) is 1. The van der Waals surface area contributed by atoms with Crippen molar-refractivity contribution in [3.63, 3.8) is 0 Å². The Morgan fingerprint density at radius 2 is 2.08 bits per heavy atom. The van der Waals surface area contributed by atoms with E-state index >= 15 is 0 Å². The Labute approximate surface area is 82.4 Å². The van der Waals surface area contributed by atoms with Gasteiger partial charge >= 0.3 is 0 Å². The van der Waals surface area contributed by atoms with E-state index in [0.29, 0.717) is 5.03 Å². The third-order valence-corrected chi connectivity index (χ3v) is 1.75. The minimum atomic E-state index is -0.00451. The largest absolute Gasteiger partial charge is 0.497 e. The molecule has 0 aliphatic heterocycles. The second kappa shape index (κ2) is 5.62. The molecule has 3 heteroatoms. The molecule has 0 unspecified atom stereocenters. The lowest BCUT2D eigenvalue weighted by Crippen LogP contribution is -1.92. The molecule has 1 rings (SSSR count). The molecule has 0 aliphatic carbocycles. The van der Waals surface area contributed by atoms with Crippen LogP contribution < -0.4 is 0 Å². The van der Waals surface area contributed by atoms with Gasteiger partial charge in [0.1, 0.15) is 12.9 Å². The quantitative estimate of drug-likeness (QED) is 0.594. The van der Waals surface area contributed by atoms with E-state index in [1.807, 2.05) is 30.3 Å². The van der Waals surface area contributed by atoms with Gasteiger partial charge in [-0.25, -0.2) is 0 Å². The molecule has 0 radical (unpaired) electrons. The van der Waals surface area contributed by atoms with Crippen LogP contribution in [0.2, 0.25) is 0 Å². The first-order chi connectivity index (χ1) is 6.34. The first-order valence-electron chi connectivity index (χ1n) is 3.98. The normalized spacial score (nSPS) is 11.4. The molecule has 1 aromatic rings. The Morgan fingerprint density at radius 1 is 1.38 bits per heavy atom. The van der Waals surface area contributed by atoms with E-state index in [4.69, 9.17) is 21.4 Å². The Morgan fingerprint density at radius 3 is 2.69 bits per heavy atom. The van der Waals surface area contributed by atoms with E-state index in [-0.39, 0.29) is 13.2 Å². The van der Waals surface area contributed by atoms with E-state index in [1.54, 1.807) is 0 Å². The molecule has 70 valence electrons. The van der Waals surface area contributed by atoms with E-state index < -0.39 is 0 Å². The monoisotopic (exact) mass is 198 g/mol. The highest BCUT2D eigenvalue weighted by molar-refractivity contribution is 6.48. The molecule has 0 spiro atoms. The van der Waals surface area contributed by atoms with E-state index in [9.17, 15) is 0 Å². The third-order valence-electron chi connectivity index (χ3n) is 1.45. The van der Waals surface area contributed by atoms with Gasteiger partial charge in [-0.2, -0.15) is 0 Å². The maximum absolute atomic E-state index is 8.45. The molecule has 0 heterocycles. The highest BCUT2D eigenvalue weighted by atomic mass is 35.5. The number of hydrogen-bond acceptors (Lipinski definition) is 2. The number of rotatable bonds is 4. The Balaban J connectivity index is 2.57. The van der Waals surface area contributed by atoms with Crippen LogP contribution >= 0.6 is 11.6 Å². The van der Waals surface area contributed by atoms with Crippen molar-refractivity contribution in [1.29, 1.82) is 0 Å². The second-order valence-corrected chi connectivity index (χ2v) is 2.83. The van der Waals surface area contributed by atoms with Crippen LogP contribution in [0.1, 0.15) is 5.56 Å². The summed E-state index contributed by atoms with van der Waals surface area (Å²) in [4.78, 5) is 0. The van der Waals surface area contributed by atoms with Crippen LogP contribution in [0.15, 0.2) is 36.6 Å². The zero-order chi connectivity index (χ0) is 9.52. The summed E-state index contributed by atoms with van der Waals surface area (Å²) in [6.45, 7) is 0.262. The maximum Gasteiger partial charge on any atom is 0.110 e. The minimum Gasteiger partial charge on any atom is -0.497 e. The van der Waals surface area contributed by atoms with E-state index in [1.165, 1.54) is 6.26 Å².